The van der Waals surface area contributed by atoms with Crippen LogP contribution in [-0.4, -0.2) is 41.5 Å². The summed E-state index contributed by atoms with van der Waals surface area (Å²) in [6.07, 6.45) is 5.54. The first-order chi connectivity index (χ1) is 11.2. The van der Waals surface area contributed by atoms with Crippen LogP contribution in [0.4, 0.5) is 10.1 Å². The van der Waals surface area contributed by atoms with E-state index in [1.54, 1.807) is 12.3 Å². The highest BCUT2D eigenvalue weighted by molar-refractivity contribution is 5.91. The molecule has 1 atom stereocenters. The molecule has 0 saturated carbocycles. The Morgan fingerprint density at radius 3 is 2.91 bits per heavy atom. The largest absolute Gasteiger partial charge is 0.369 e. The zero-order valence-electron chi connectivity index (χ0n) is 13.0. The van der Waals surface area contributed by atoms with Crippen molar-refractivity contribution in [2.45, 2.75) is 31.7 Å². The van der Waals surface area contributed by atoms with Crippen LogP contribution in [-0.2, 0) is 4.79 Å². The number of carbonyl (C=O) groups is 1. The van der Waals surface area contributed by atoms with E-state index in [0.29, 0.717) is 23.9 Å². The lowest BCUT2D eigenvalue weighted by atomic mass is 10.0. The maximum Gasteiger partial charge on any atom is 0.222 e. The smallest absolute Gasteiger partial charge is 0.222 e. The normalized spacial score (nSPS) is 22.1. The number of amides is 1. The summed E-state index contributed by atoms with van der Waals surface area (Å²) in [6.45, 7) is 2.71. The summed E-state index contributed by atoms with van der Waals surface area (Å²) in [5, 5.41) is 0.974. The number of piperidine rings is 1. The Morgan fingerprint density at radius 1 is 1.17 bits per heavy atom. The van der Waals surface area contributed by atoms with Crippen LogP contribution >= 0.6 is 0 Å². The number of rotatable bonds is 2. The molecule has 1 unspecified atom stereocenters. The van der Waals surface area contributed by atoms with E-state index in [4.69, 9.17) is 0 Å². The summed E-state index contributed by atoms with van der Waals surface area (Å²) < 4.78 is 13.4. The highest BCUT2D eigenvalue weighted by atomic mass is 19.1. The van der Waals surface area contributed by atoms with Gasteiger partial charge in [0.15, 0.2) is 0 Å². The Hall–Kier alpha value is -2.17. The summed E-state index contributed by atoms with van der Waals surface area (Å²) in [5.41, 5.74) is 1.77. The highest BCUT2D eigenvalue weighted by Crippen LogP contribution is 2.30. The number of nitrogens with zero attached hydrogens (tertiary/aromatic N) is 3. The van der Waals surface area contributed by atoms with E-state index in [0.717, 1.165) is 50.0 Å². The molecule has 5 heteroatoms. The Morgan fingerprint density at radius 2 is 2.09 bits per heavy atom. The fraction of sp³-hybridized carbons (Fsp3) is 0.444. The zero-order chi connectivity index (χ0) is 15.8. The van der Waals surface area contributed by atoms with Crippen LogP contribution in [0.2, 0.25) is 0 Å². The molecule has 120 valence electrons. The first-order valence-corrected chi connectivity index (χ1v) is 8.31. The predicted octanol–water partition coefficient (Wildman–Crippen LogP) is 2.97. The number of benzene rings is 1. The molecule has 2 fully saturated rings. The third kappa shape index (κ3) is 2.64. The molecular weight excluding hydrogens is 293 g/mol. The van der Waals surface area contributed by atoms with Gasteiger partial charge in [-0.15, -0.1) is 0 Å². The molecule has 1 aromatic carbocycles. The number of aromatic nitrogens is 1. The van der Waals surface area contributed by atoms with E-state index in [1.807, 2.05) is 6.07 Å². The monoisotopic (exact) mass is 313 g/mol. The first-order valence-electron chi connectivity index (χ1n) is 8.31. The van der Waals surface area contributed by atoms with Gasteiger partial charge in [-0.2, -0.15) is 0 Å². The minimum Gasteiger partial charge on any atom is -0.369 e. The molecule has 0 bridgehead atoms. The number of hydrogen-bond donors (Lipinski definition) is 0. The summed E-state index contributed by atoms with van der Waals surface area (Å²) in [7, 11) is 0. The minimum absolute atomic E-state index is 0.263. The van der Waals surface area contributed by atoms with Gasteiger partial charge >= 0.3 is 0 Å². The van der Waals surface area contributed by atoms with Gasteiger partial charge in [-0.05, 0) is 37.5 Å². The lowest BCUT2D eigenvalue weighted by Crippen LogP contribution is -2.48. The van der Waals surface area contributed by atoms with Crippen LogP contribution in [0.15, 0.2) is 30.5 Å². The van der Waals surface area contributed by atoms with Gasteiger partial charge < -0.3 is 9.80 Å². The van der Waals surface area contributed by atoms with Gasteiger partial charge in [0.1, 0.15) is 5.82 Å². The molecular formula is C18H20FN3O. The number of likely N-dealkylation sites (tertiary alicyclic amines) is 1. The van der Waals surface area contributed by atoms with Gasteiger partial charge in [0.2, 0.25) is 5.91 Å². The van der Waals surface area contributed by atoms with E-state index < -0.39 is 0 Å². The maximum absolute atomic E-state index is 13.4. The van der Waals surface area contributed by atoms with Crippen LogP contribution in [0, 0.1) is 5.82 Å². The van der Waals surface area contributed by atoms with Crippen LogP contribution in [0.3, 0.4) is 0 Å². The fourth-order valence-corrected chi connectivity index (χ4v) is 3.86. The Bertz CT molecular complexity index is 748. The second kappa shape index (κ2) is 5.80. The maximum atomic E-state index is 13.4. The van der Waals surface area contributed by atoms with Crippen molar-refractivity contribution in [1.82, 2.24) is 9.88 Å². The molecule has 0 aliphatic carbocycles. The third-order valence-corrected chi connectivity index (χ3v) is 4.97. The van der Waals surface area contributed by atoms with Crippen molar-refractivity contribution >= 4 is 22.5 Å². The molecule has 0 spiro atoms. The lowest BCUT2D eigenvalue weighted by molar-refractivity contribution is -0.129. The molecule has 0 N–H and O–H groups in total. The average molecular weight is 313 g/mol. The molecule has 4 rings (SSSR count). The molecule has 4 nitrogen and oxygen atoms in total. The Labute approximate surface area is 134 Å². The molecule has 0 radical (unpaired) electrons. The van der Waals surface area contributed by atoms with Crippen LogP contribution < -0.4 is 4.90 Å². The van der Waals surface area contributed by atoms with Crippen LogP contribution in [0.1, 0.15) is 25.7 Å². The van der Waals surface area contributed by atoms with Gasteiger partial charge in [-0.1, -0.05) is 0 Å². The Kier molecular flexibility index (Phi) is 3.63. The van der Waals surface area contributed by atoms with E-state index >= 15 is 0 Å². The molecule has 1 aromatic heterocycles. The minimum atomic E-state index is -0.263. The Balaban J connectivity index is 1.64. The van der Waals surface area contributed by atoms with Gasteiger partial charge in [0, 0.05) is 55.4 Å². The molecule has 2 aliphatic heterocycles. The van der Waals surface area contributed by atoms with E-state index in [1.165, 1.54) is 12.1 Å². The van der Waals surface area contributed by atoms with E-state index in [9.17, 15) is 9.18 Å². The number of fused-ring (bicyclic) bond motifs is 1. The fourth-order valence-electron chi connectivity index (χ4n) is 3.86. The summed E-state index contributed by atoms with van der Waals surface area (Å²) in [4.78, 5) is 20.7. The predicted molar refractivity (Wildman–Crippen MR) is 87.9 cm³/mol. The van der Waals surface area contributed by atoms with Crippen molar-refractivity contribution in [3.05, 3.63) is 36.3 Å². The van der Waals surface area contributed by atoms with Crippen molar-refractivity contribution in [1.29, 1.82) is 0 Å². The average Bonchev–Trinajstić information content (AvgIpc) is 3.00. The molecule has 23 heavy (non-hydrogen) atoms. The summed E-state index contributed by atoms with van der Waals surface area (Å²) >= 11 is 0. The number of pyridine rings is 1. The third-order valence-electron chi connectivity index (χ3n) is 4.97. The van der Waals surface area contributed by atoms with Crippen LogP contribution in [0.5, 0.6) is 0 Å². The van der Waals surface area contributed by atoms with Crippen molar-refractivity contribution < 1.29 is 9.18 Å². The van der Waals surface area contributed by atoms with Crippen molar-refractivity contribution in [3.8, 4) is 0 Å². The highest BCUT2D eigenvalue weighted by Gasteiger charge is 2.31. The number of carbonyl (C=O) groups excluding carboxylic acids is 1. The van der Waals surface area contributed by atoms with E-state index in [2.05, 4.69) is 14.8 Å². The molecule has 2 saturated heterocycles. The molecule has 2 aliphatic rings. The molecule has 2 aromatic rings. The van der Waals surface area contributed by atoms with E-state index in [-0.39, 0.29) is 5.82 Å². The second-order valence-electron chi connectivity index (χ2n) is 6.42. The molecule has 3 heterocycles. The zero-order valence-corrected chi connectivity index (χ0v) is 13.0. The topological polar surface area (TPSA) is 36.4 Å². The van der Waals surface area contributed by atoms with Crippen LogP contribution in [0.25, 0.3) is 10.9 Å². The van der Waals surface area contributed by atoms with Gasteiger partial charge in [-0.25, -0.2) is 4.39 Å². The lowest BCUT2D eigenvalue weighted by Gasteiger charge is -2.39. The molecule has 1 amide bonds. The van der Waals surface area contributed by atoms with Gasteiger partial charge in [0.05, 0.1) is 5.52 Å². The van der Waals surface area contributed by atoms with Crippen molar-refractivity contribution in [3.63, 3.8) is 0 Å². The number of hydrogen-bond acceptors (Lipinski definition) is 3. The standard InChI is InChI=1S/C18H20FN3O/c19-13-5-6-15-16(11-13)20-8-7-17(15)21-9-1-3-14(12-21)22-10-2-4-18(22)23/h5-8,11,14H,1-4,9-10,12H2. The second-order valence-corrected chi connectivity index (χ2v) is 6.42. The summed E-state index contributed by atoms with van der Waals surface area (Å²) in [6, 6.07) is 7.05. The van der Waals surface area contributed by atoms with Crippen molar-refractivity contribution in [2.24, 2.45) is 0 Å². The SMILES string of the molecule is O=C1CCCN1C1CCCN(c2ccnc3cc(F)ccc23)C1. The quantitative estimate of drug-likeness (QED) is 0.855. The number of halogens is 1. The summed E-state index contributed by atoms with van der Waals surface area (Å²) in [5.74, 6) is 0.0276. The van der Waals surface area contributed by atoms with Crippen molar-refractivity contribution in [2.75, 3.05) is 24.5 Å². The van der Waals surface area contributed by atoms with Gasteiger partial charge in [0.25, 0.3) is 0 Å². The first kappa shape index (κ1) is 14.4. The van der Waals surface area contributed by atoms with Gasteiger partial charge in [-0.3, -0.25) is 9.78 Å². The number of anilines is 1.